The highest BCUT2D eigenvalue weighted by atomic mass is 19.3. The van der Waals surface area contributed by atoms with Crippen LogP contribution in [0.25, 0.3) is 0 Å². The van der Waals surface area contributed by atoms with E-state index in [0.717, 1.165) is 49.5 Å². The number of amides is 1. The van der Waals surface area contributed by atoms with Gasteiger partial charge in [-0.25, -0.2) is 8.78 Å². The first-order chi connectivity index (χ1) is 16.7. The van der Waals surface area contributed by atoms with E-state index in [9.17, 15) is 13.6 Å². The Kier molecular flexibility index (Phi) is 7.91. The number of carbonyl (C=O) groups is 1. The van der Waals surface area contributed by atoms with Gasteiger partial charge in [-0.3, -0.25) is 4.79 Å². The van der Waals surface area contributed by atoms with E-state index in [0.29, 0.717) is 24.5 Å². The summed E-state index contributed by atoms with van der Waals surface area (Å²) in [4.78, 5) is 20.2. The van der Waals surface area contributed by atoms with Crippen molar-refractivity contribution in [1.29, 1.82) is 0 Å². The molecule has 0 aliphatic carbocycles. The normalized spacial score (nSPS) is 19.4. The molecule has 0 N–H and O–H groups in total. The van der Waals surface area contributed by atoms with E-state index in [1.54, 1.807) is 0 Å². The first-order valence-corrected chi connectivity index (χ1v) is 12.7. The number of hydrogen-bond donors (Lipinski definition) is 0. The Morgan fingerprint density at radius 3 is 2.49 bits per heavy atom. The van der Waals surface area contributed by atoms with Gasteiger partial charge in [-0.2, -0.15) is 4.98 Å². The minimum Gasteiger partial charge on any atom is -0.494 e. The molecule has 1 aromatic carbocycles. The van der Waals surface area contributed by atoms with Crippen LogP contribution in [-0.2, 0) is 11.2 Å². The molecule has 2 fully saturated rings. The molecule has 2 aromatic rings. The van der Waals surface area contributed by atoms with E-state index in [2.05, 4.69) is 35.8 Å². The molecule has 7 nitrogen and oxygen atoms in total. The molecule has 4 rings (SSSR count). The number of benzene rings is 1. The van der Waals surface area contributed by atoms with Crippen molar-refractivity contribution in [3.63, 3.8) is 0 Å². The lowest BCUT2D eigenvalue weighted by atomic mass is 9.84. The lowest BCUT2D eigenvalue weighted by Gasteiger charge is -2.33. The van der Waals surface area contributed by atoms with Crippen molar-refractivity contribution in [2.75, 3.05) is 37.7 Å². The Balaban J connectivity index is 1.16. The van der Waals surface area contributed by atoms with Gasteiger partial charge in [0, 0.05) is 32.0 Å². The number of nitrogens with zero attached hydrogens (tertiary/aromatic N) is 4. The molecule has 192 valence electrons. The maximum atomic E-state index is 13.3. The van der Waals surface area contributed by atoms with Crippen LogP contribution in [0.3, 0.4) is 0 Å². The minimum absolute atomic E-state index is 0.125. The molecular weight excluding hydrogens is 454 g/mol. The third-order valence-corrected chi connectivity index (χ3v) is 7.21. The van der Waals surface area contributed by atoms with Gasteiger partial charge in [0.1, 0.15) is 5.75 Å². The Morgan fingerprint density at radius 2 is 1.89 bits per heavy atom. The molecule has 0 spiro atoms. The second-order valence-corrected chi connectivity index (χ2v) is 10.3. The maximum Gasteiger partial charge on any atom is 0.324 e. The minimum atomic E-state index is -2.76. The van der Waals surface area contributed by atoms with Gasteiger partial charge in [-0.05, 0) is 48.8 Å². The summed E-state index contributed by atoms with van der Waals surface area (Å²) < 4.78 is 38.0. The second kappa shape index (κ2) is 10.9. The second-order valence-electron chi connectivity index (χ2n) is 10.3. The van der Waals surface area contributed by atoms with E-state index >= 15 is 0 Å². The lowest BCUT2D eigenvalue weighted by Crippen LogP contribution is -2.36. The van der Waals surface area contributed by atoms with Gasteiger partial charge in [-0.15, -0.1) is 0 Å². The number of anilines is 1. The average Bonchev–Trinajstić information content (AvgIpc) is 3.47. The molecule has 1 unspecified atom stereocenters. The first kappa shape index (κ1) is 25.4. The zero-order valence-corrected chi connectivity index (χ0v) is 20.9. The van der Waals surface area contributed by atoms with Crippen LogP contribution in [0.5, 0.6) is 5.75 Å². The molecule has 2 saturated heterocycles. The first-order valence-electron chi connectivity index (χ1n) is 12.7. The molecule has 2 aliphatic heterocycles. The van der Waals surface area contributed by atoms with Crippen molar-refractivity contribution < 1.29 is 22.8 Å². The van der Waals surface area contributed by atoms with Gasteiger partial charge in [0.05, 0.1) is 19.6 Å². The summed E-state index contributed by atoms with van der Waals surface area (Å²) in [5.41, 5.74) is 0.805. The summed E-state index contributed by atoms with van der Waals surface area (Å²) in [6, 6.07) is 8.00. The number of carbonyl (C=O) groups excluding carboxylic acids is 1. The summed E-state index contributed by atoms with van der Waals surface area (Å²) >= 11 is 0. The van der Waals surface area contributed by atoms with E-state index < -0.39 is 12.5 Å². The summed E-state index contributed by atoms with van der Waals surface area (Å²) in [6.45, 7) is 8.52. The third kappa shape index (κ3) is 6.70. The van der Waals surface area contributed by atoms with Crippen LogP contribution in [0.2, 0.25) is 0 Å². The fraction of sp³-hybridized carbons (Fsp3) is 0.654. The smallest absolute Gasteiger partial charge is 0.324 e. The predicted octanol–water partition coefficient (Wildman–Crippen LogP) is 4.92. The molecule has 9 heteroatoms. The van der Waals surface area contributed by atoms with Gasteiger partial charge in [0.2, 0.25) is 5.91 Å². The summed E-state index contributed by atoms with van der Waals surface area (Å²) in [5.74, 6) is -0.0654. The largest absolute Gasteiger partial charge is 0.494 e. The molecule has 0 radical (unpaired) electrons. The molecule has 2 aliphatic rings. The van der Waals surface area contributed by atoms with Crippen LogP contribution in [-0.4, -0.2) is 59.7 Å². The highest BCUT2D eigenvalue weighted by Gasteiger charge is 2.40. The van der Waals surface area contributed by atoms with Crippen molar-refractivity contribution >= 4 is 11.9 Å². The SMILES string of the molecule is CC(C)c1noc(N2CCC(C(C)CCOc3ccc(CC(=O)N4CCC(F)(F)C4)cc3)CC2)n1. The highest BCUT2D eigenvalue weighted by molar-refractivity contribution is 5.79. The fourth-order valence-corrected chi connectivity index (χ4v) is 4.79. The van der Waals surface area contributed by atoms with Crippen LogP contribution >= 0.6 is 0 Å². The van der Waals surface area contributed by atoms with Crippen molar-refractivity contribution in [1.82, 2.24) is 15.0 Å². The van der Waals surface area contributed by atoms with Gasteiger partial charge < -0.3 is 19.1 Å². The van der Waals surface area contributed by atoms with Gasteiger partial charge in [-0.1, -0.05) is 38.1 Å². The number of aromatic nitrogens is 2. The predicted molar refractivity (Wildman–Crippen MR) is 129 cm³/mol. The standard InChI is InChI=1S/C26H36F2N4O3/c1-18(2)24-29-25(35-30-24)31-12-8-21(9-13-31)19(3)10-15-34-22-6-4-20(5-7-22)16-23(33)32-14-11-26(27,28)17-32/h4-7,18-19,21H,8-17H2,1-3H3. The van der Waals surface area contributed by atoms with E-state index in [1.807, 2.05) is 24.3 Å². The number of likely N-dealkylation sites (tertiary alicyclic amines) is 1. The number of hydrogen-bond acceptors (Lipinski definition) is 6. The summed E-state index contributed by atoms with van der Waals surface area (Å²) in [6.07, 6.45) is 3.03. The topological polar surface area (TPSA) is 71.7 Å². The highest BCUT2D eigenvalue weighted by Crippen LogP contribution is 2.30. The number of piperidine rings is 1. The summed E-state index contributed by atoms with van der Waals surface area (Å²) in [5, 5.41) is 4.07. The van der Waals surface area contributed by atoms with E-state index in [-0.39, 0.29) is 31.2 Å². The van der Waals surface area contributed by atoms with Crippen LogP contribution in [0, 0.1) is 11.8 Å². The van der Waals surface area contributed by atoms with Crippen LogP contribution in [0.4, 0.5) is 14.8 Å². The van der Waals surface area contributed by atoms with Gasteiger partial charge in [0.15, 0.2) is 5.82 Å². The van der Waals surface area contributed by atoms with Crippen LogP contribution < -0.4 is 9.64 Å². The Morgan fingerprint density at radius 1 is 1.17 bits per heavy atom. The zero-order chi connectivity index (χ0) is 25.0. The van der Waals surface area contributed by atoms with E-state index in [1.165, 1.54) is 4.90 Å². The number of ether oxygens (including phenoxy) is 1. The molecular formula is C26H36F2N4O3. The summed E-state index contributed by atoms with van der Waals surface area (Å²) in [7, 11) is 0. The third-order valence-electron chi connectivity index (χ3n) is 7.21. The quantitative estimate of drug-likeness (QED) is 0.497. The fourth-order valence-electron chi connectivity index (χ4n) is 4.79. The average molecular weight is 491 g/mol. The Bertz CT molecular complexity index is 971. The van der Waals surface area contributed by atoms with Crippen molar-refractivity contribution in [3.05, 3.63) is 35.7 Å². The molecule has 1 amide bonds. The monoisotopic (exact) mass is 490 g/mol. The lowest BCUT2D eigenvalue weighted by molar-refractivity contribution is -0.130. The number of halogens is 2. The number of rotatable bonds is 9. The molecule has 0 saturated carbocycles. The van der Waals surface area contributed by atoms with Crippen LogP contribution in [0.1, 0.15) is 63.8 Å². The molecule has 0 bridgehead atoms. The van der Waals surface area contributed by atoms with Gasteiger partial charge in [0.25, 0.3) is 5.92 Å². The number of alkyl halides is 2. The van der Waals surface area contributed by atoms with Crippen molar-refractivity contribution in [2.45, 2.75) is 64.7 Å². The zero-order valence-electron chi connectivity index (χ0n) is 20.9. The van der Waals surface area contributed by atoms with Gasteiger partial charge >= 0.3 is 6.01 Å². The Hall–Kier alpha value is -2.71. The molecule has 1 atom stereocenters. The van der Waals surface area contributed by atoms with Crippen molar-refractivity contribution in [3.8, 4) is 5.75 Å². The van der Waals surface area contributed by atoms with Crippen molar-refractivity contribution in [2.24, 2.45) is 11.8 Å². The maximum absolute atomic E-state index is 13.3. The van der Waals surface area contributed by atoms with E-state index in [4.69, 9.17) is 9.26 Å². The molecule has 1 aromatic heterocycles. The van der Waals surface area contributed by atoms with Crippen LogP contribution in [0.15, 0.2) is 28.8 Å². The Labute approximate surface area is 205 Å². The molecule has 3 heterocycles. The molecule has 35 heavy (non-hydrogen) atoms.